The van der Waals surface area contributed by atoms with Gasteiger partial charge in [0.2, 0.25) is 11.8 Å². The smallest absolute Gasteiger partial charge is 0.410 e. The molecule has 1 N–H and O–H groups in total. The Kier molecular flexibility index (Phi) is 5.35. The molecule has 1 unspecified atom stereocenters. The van der Waals surface area contributed by atoms with Crippen LogP contribution >= 0.6 is 0 Å². The van der Waals surface area contributed by atoms with Gasteiger partial charge < -0.3 is 9.64 Å². The lowest BCUT2D eigenvalue weighted by Crippen LogP contribution is -2.39. The maximum atomic E-state index is 12.2. The molecule has 0 spiro atoms. The highest BCUT2D eigenvalue weighted by atomic mass is 16.6. The van der Waals surface area contributed by atoms with Crippen LogP contribution < -0.4 is 5.32 Å². The Morgan fingerprint density at radius 1 is 1.22 bits per heavy atom. The molecule has 0 aromatic heterocycles. The molecule has 3 amide bonds. The molecule has 6 nitrogen and oxygen atoms in total. The number of carbonyl (C=O) groups excluding carboxylic acids is 3. The van der Waals surface area contributed by atoms with Crippen LogP contribution in [0.2, 0.25) is 0 Å². The van der Waals surface area contributed by atoms with Crippen LogP contribution in [0.4, 0.5) is 4.79 Å². The van der Waals surface area contributed by atoms with Gasteiger partial charge in [-0.1, -0.05) is 30.3 Å². The summed E-state index contributed by atoms with van der Waals surface area (Å²) in [7, 11) is 0. The predicted molar refractivity (Wildman–Crippen MR) is 102 cm³/mol. The molecule has 1 atom stereocenters. The Bertz CT molecular complexity index is 792. The summed E-state index contributed by atoms with van der Waals surface area (Å²) >= 11 is 0. The second kappa shape index (κ2) is 7.55. The number of benzene rings is 1. The van der Waals surface area contributed by atoms with Crippen molar-refractivity contribution in [2.45, 2.75) is 51.6 Å². The molecule has 1 saturated heterocycles. The Balaban J connectivity index is 1.70. The lowest BCUT2D eigenvalue weighted by atomic mass is 9.88. The van der Waals surface area contributed by atoms with Crippen LogP contribution in [-0.4, -0.2) is 41.5 Å². The first-order chi connectivity index (χ1) is 12.7. The highest BCUT2D eigenvalue weighted by molar-refractivity contribution is 6.01. The zero-order valence-corrected chi connectivity index (χ0v) is 16.1. The first-order valence-electron chi connectivity index (χ1n) is 9.34. The van der Waals surface area contributed by atoms with E-state index < -0.39 is 5.60 Å². The Morgan fingerprint density at radius 2 is 2.00 bits per heavy atom. The minimum absolute atomic E-state index is 0.204. The summed E-state index contributed by atoms with van der Waals surface area (Å²) in [5.41, 5.74) is 2.63. The first kappa shape index (κ1) is 19.1. The maximum Gasteiger partial charge on any atom is 0.410 e. The van der Waals surface area contributed by atoms with E-state index in [1.807, 2.05) is 51.1 Å². The van der Waals surface area contributed by atoms with Crippen LogP contribution in [0.15, 0.2) is 30.3 Å². The van der Waals surface area contributed by atoms with E-state index in [0.717, 1.165) is 23.1 Å². The molecular formula is C21H26N2O4. The van der Waals surface area contributed by atoms with Gasteiger partial charge in [0.1, 0.15) is 5.60 Å². The van der Waals surface area contributed by atoms with Crippen LogP contribution in [0.25, 0.3) is 5.57 Å². The number of imide groups is 1. The van der Waals surface area contributed by atoms with Gasteiger partial charge >= 0.3 is 6.09 Å². The lowest BCUT2D eigenvalue weighted by Gasteiger charge is -2.30. The summed E-state index contributed by atoms with van der Waals surface area (Å²) in [4.78, 5) is 37.3. The molecule has 0 saturated carbocycles. The fourth-order valence-corrected chi connectivity index (χ4v) is 3.39. The van der Waals surface area contributed by atoms with Gasteiger partial charge in [-0.15, -0.1) is 0 Å². The van der Waals surface area contributed by atoms with E-state index in [9.17, 15) is 14.4 Å². The molecule has 1 fully saturated rings. The molecule has 3 rings (SSSR count). The normalized spacial score (nSPS) is 20.8. The number of piperidine rings is 1. The van der Waals surface area contributed by atoms with Gasteiger partial charge in [-0.3, -0.25) is 14.9 Å². The second-order valence-electron chi connectivity index (χ2n) is 8.03. The fourth-order valence-electron chi connectivity index (χ4n) is 3.39. The molecule has 0 radical (unpaired) electrons. The number of hydrogen-bond donors (Lipinski definition) is 1. The molecule has 144 valence electrons. The minimum Gasteiger partial charge on any atom is -0.444 e. The lowest BCUT2D eigenvalue weighted by molar-refractivity contribution is -0.134. The van der Waals surface area contributed by atoms with Gasteiger partial charge in [0.15, 0.2) is 0 Å². The Labute approximate surface area is 159 Å². The third-order valence-electron chi connectivity index (χ3n) is 4.76. The quantitative estimate of drug-likeness (QED) is 0.811. The predicted octanol–water partition coefficient (Wildman–Crippen LogP) is 3.23. The van der Waals surface area contributed by atoms with Gasteiger partial charge in [-0.05, 0) is 50.3 Å². The van der Waals surface area contributed by atoms with Crippen molar-refractivity contribution >= 4 is 23.5 Å². The zero-order valence-electron chi connectivity index (χ0n) is 16.1. The molecular weight excluding hydrogens is 344 g/mol. The third-order valence-corrected chi connectivity index (χ3v) is 4.76. The Morgan fingerprint density at radius 3 is 2.63 bits per heavy atom. The summed E-state index contributed by atoms with van der Waals surface area (Å²) in [5, 5.41) is 2.41. The summed E-state index contributed by atoms with van der Waals surface area (Å²) < 4.78 is 5.42. The molecule has 0 aliphatic carbocycles. The summed E-state index contributed by atoms with van der Waals surface area (Å²) in [6, 6.07) is 7.91. The molecule has 2 heterocycles. The van der Waals surface area contributed by atoms with E-state index in [2.05, 4.69) is 5.32 Å². The largest absolute Gasteiger partial charge is 0.444 e. The van der Waals surface area contributed by atoms with Crippen molar-refractivity contribution in [1.29, 1.82) is 0 Å². The summed E-state index contributed by atoms with van der Waals surface area (Å²) in [6.07, 6.45) is 3.39. The highest BCUT2D eigenvalue weighted by Gasteiger charge is 2.28. The highest BCUT2D eigenvalue weighted by Crippen LogP contribution is 2.29. The minimum atomic E-state index is -0.503. The molecule has 27 heavy (non-hydrogen) atoms. The van der Waals surface area contributed by atoms with Gasteiger partial charge in [-0.25, -0.2) is 4.79 Å². The van der Waals surface area contributed by atoms with E-state index >= 15 is 0 Å². The van der Waals surface area contributed by atoms with Crippen molar-refractivity contribution in [3.8, 4) is 0 Å². The molecule has 0 bridgehead atoms. The van der Waals surface area contributed by atoms with E-state index in [0.29, 0.717) is 25.9 Å². The van der Waals surface area contributed by atoms with Gasteiger partial charge in [0.25, 0.3) is 0 Å². The van der Waals surface area contributed by atoms with Gasteiger partial charge in [0.05, 0.1) is 5.92 Å². The van der Waals surface area contributed by atoms with Crippen LogP contribution in [0.5, 0.6) is 0 Å². The molecule has 1 aromatic carbocycles. The number of carbonyl (C=O) groups is 3. The van der Waals surface area contributed by atoms with Crippen molar-refractivity contribution in [3.05, 3.63) is 41.5 Å². The molecule has 2 aliphatic heterocycles. The average molecular weight is 370 g/mol. The molecule has 2 aliphatic rings. The fraction of sp³-hybridized carbons (Fsp3) is 0.476. The van der Waals surface area contributed by atoms with Crippen molar-refractivity contribution in [2.24, 2.45) is 0 Å². The number of nitrogens with zero attached hydrogens (tertiary/aromatic N) is 1. The van der Waals surface area contributed by atoms with E-state index in [1.54, 1.807) is 4.90 Å². The maximum absolute atomic E-state index is 12.2. The molecule has 1 aromatic rings. The van der Waals surface area contributed by atoms with Crippen molar-refractivity contribution < 1.29 is 19.1 Å². The zero-order chi connectivity index (χ0) is 19.6. The number of ether oxygens (including phenoxy) is 1. The van der Waals surface area contributed by atoms with E-state index in [4.69, 9.17) is 4.74 Å². The van der Waals surface area contributed by atoms with Gasteiger partial charge in [-0.2, -0.15) is 0 Å². The SMILES string of the molecule is CC(C)(C)OC(=O)N1CC=C(c2cccc(C3CCC(=O)NC3=O)c2)CC1. The second-order valence-corrected chi connectivity index (χ2v) is 8.03. The Hall–Kier alpha value is -2.63. The average Bonchev–Trinajstić information content (AvgIpc) is 2.60. The topological polar surface area (TPSA) is 75.7 Å². The van der Waals surface area contributed by atoms with Gasteiger partial charge in [0, 0.05) is 19.5 Å². The third kappa shape index (κ3) is 4.76. The number of rotatable bonds is 2. The van der Waals surface area contributed by atoms with Crippen LogP contribution in [0.1, 0.15) is 57.1 Å². The standard InChI is InChI=1S/C21H26N2O4/c1-21(2,3)27-20(26)23-11-9-14(10-12-23)15-5-4-6-16(13-15)17-7-8-18(24)22-19(17)25/h4-6,9,13,17H,7-8,10-12H2,1-3H3,(H,22,24,25). The molecule has 6 heteroatoms. The van der Waals surface area contributed by atoms with Crippen molar-refractivity contribution in [1.82, 2.24) is 10.2 Å². The van der Waals surface area contributed by atoms with E-state index in [-0.39, 0.29) is 23.8 Å². The van der Waals surface area contributed by atoms with E-state index in [1.165, 1.54) is 0 Å². The monoisotopic (exact) mass is 370 g/mol. The van der Waals surface area contributed by atoms with Crippen LogP contribution in [0, 0.1) is 0 Å². The number of hydrogen-bond acceptors (Lipinski definition) is 4. The summed E-state index contributed by atoms with van der Waals surface area (Å²) in [5.74, 6) is -0.716. The summed E-state index contributed by atoms with van der Waals surface area (Å²) in [6.45, 7) is 6.68. The van der Waals surface area contributed by atoms with Crippen LogP contribution in [0.3, 0.4) is 0 Å². The van der Waals surface area contributed by atoms with Crippen molar-refractivity contribution in [3.63, 3.8) is 0 Å². The van der Waals surface area contributed by atoms with Crippen LogP contribution in [-0.2, 0) is 14.3 Å². The van der Waals surface area contributed by atoms with Crippen molar-refractivity contribution in [2.75, 3.05) is 13.1 Å². The number of amides is 3. The number of nitrogens with one attached hydrogen (secondary N) is 1. The first-order valence-corrected chi connectivity index (χ1v) is 9.34.